The Morgan fingerprint density at radius 3 is 2.68 bits per heavy atom. The van der Waals surface area contributed by atoms with E-state index in [4.69, 9.17) is 0 Å². The average molecular weight is 420 g/mol. The molecule has 1 fully saturated rings. The van der Waals surface area contributed by atoms with Crippen molar-refractivity contribution < 1.29 is 19.8 Å². The van der Waals surface area contributed by atoms with E-state index in [1.165, 1.54) is 11.2 Å². The number of hydrogen-bond donors (Lipinski definition) is 3. The molecule has 0 radical (unpaired) electrons. The van der Waals surface area contributed by atoms with E-state index < -0.39 is 35.4 Å². The molecule has 0 bridgehead atoms. The van der Waals surface area contributed by atoms with E-state index in [1.807, 2.05) is 0 Å². The second-order valence-corrected chi connectivity index (χ2v) is 7.97. The van der Waals surface area contributed by atoms with E-state index in [0.717, 1.165) is 4.57 Å². The molecule has 4 unspecified atom stereocenters. The van der Waals surface area contributed by atoms with E-state index in [-0.39, 0.29) is 12.3 Å². The van der Waals surface area contributed by atoms with Gasteiger partial charge in [-0.15, -0.1) is 0 Å². The Kier molecular flexibility index (Phi) is 4.21. The molecular weight excluding hydrogens is 400 g/mol. The molecule has 1 amide bonds. The van der Waals surface area contributed by atoms with Crippen LogP contribution in [0.25, 0.3) is 10.9 Å². The molecule has 2 aliphatic heterocycles. The second kappa shape index (κ2) is 6.73. The van der Waals surface area contributed by atoms with E-state index in [2.05, 4.69) is 10.3 Å². The maximum absolute atomic E-state index is 13.0. The van der Waals surface area contributed by atoms with Crippen molar-refractivity contribution in [1.29, 1.82) is 0 Å². The van der Waals surface area contributed by atoms with Crippen molar-refractivity contribution in [1.82, 2.24) is 14.9 Å². The molecule has 31 heavy (non-hydrogen) atoms. The minimum Gasteiger partial charge on any atom is -0.480 e. The van der Waals surface area contributed by atoms with Gasteiger partial charge in [0, 0.05) is 12.0 Å². The number of anilines is 1. The fraction of sp³-hybridized carbons (Fsp3) is 0.273. The summed E-state index contributed by atoms with van der Waals surface area (Å²) in [7, 11) is 0. The van der Waals surface area contributed by atoms with Gasteiger partial charge in [-0.05, 0) is 25.1 Å². The Morgan fingerprint density at radius 2 is 1.90 bits per heavy atom. The zero-order valence-corrected chi connectivity index (χ0v) is 16.6. The lowest BCUT2D eigenvalue weighted by molar-refractivity contribution is -0.144. The minimum absolute atomic E-state index is 0.204. The molecule has 158 valence electrons. The van der Waals surface area contributed by atoms with Crippen molar-refractivity contribution >= 4 is 28.5 Å². The van der Waals surface area contributed by atoms with Gasteiger partial charge in [0.15, 0.2) is 0 Å². The Bertz CT molecular complexity index is 1290. The highest BCUT2D eigenvalue weighted by molar-refractivity contribution is 6.02. The van der Waals surface area contributed by atoms with Crippen LogP contribution < -0.4 is 15.8 Å². The van der Waals surface area contributed by atoms with Gasteiger partial charge in [0.2, 0.25) is 5.91 Å². The van der Waals surface area contributed by atoms with E-state index in [9.17, 15) is 24.6 Å². The molecule has 1 aromatic heterocycles. The number of nitrogens with one attached hydrogen (secondary N) is 1. The zero-order valence-electron chi connectivity index (χ0n) is 16.6. The van der Waals surface area contributed by atoms with Gasteiger partial charge in [-0.1, -0.05) is 30.3 Å². The zero-order chi connectivity index (χ0) is 21.9. The lowest BCUT2D eigenvalue weighted by atomic mass is 9.86. The average Bonchev–Trinajstić information content (AvgIpc) is 3.19. The normalized spacial score (nSPS) is 25.5. The van der Waals surface area contributed by atoms with Gasteiger partial charge in [0.05, 0.1) is 29.0 Å². The molecule has 3 heterocycles. The van der Waals surface area contributed by atoms with Crippen molar-refractivity contribution in [2.24, 2.45) is 0 Å². The molecule has 3 N–H and O–H groups in total. The smallest absolute Gasteiger partial charge is 0.326 e. The fourth-order valence-corrected chi connectivity index (χ4v) is 4.65. The third-order valence-electron chi connectivity index (χ3n) is 6.17. The van der Waals surface area contributed by atoms with Crippen molar-refractivity contribution in [2.75, 3.05) is 4.90 Å². The molecular formula is C22H20N4O5. The number of carboxylic acids is 1. The summed E-state index contributed by atoms with van der Waals surface area (Å²) < 4.78 is 1.04. The molecule has 4 atom stereocenters. The Morgan fingerprint density at radius 1 is 1.19 bits per heavy atom. The maximum Gasteiger partial charge on any atom is 0.326 e. The number of aliphatic hydroxyl groups is 1. The Balaban J connectivity index is 1.63. The maximum atomic E-state index is 13.0. The van der Waals surface area contributed by atoms with Crippen LogP contribution in [0.1, 0.15) is 24.9 Å². The Labute approximate surface area is 176 Å². The number of rotatable bonds is 4. The number of fused-ring (bicyclic) bond motifs is 4. The van der Waals surface area contributed by atoms with E-state index in [0.29, 0.717) is 22.2 Å². The van der Waals surface area contributed by atoms with Crippen LogP contribution in [0.3, 0.4) is 0 Å². The first kappa shape index (κ1) is 19.4. The van der Waals surface area contributed by atoms with Gasteiger partial charge in [-0.25, -0.2) is 9.78 Å². The summed E-state index contributed by atoms with van der Waals surface area (Å²) in [5, 5.41) is 25.1. The third-order valence-corrected chi connectivity index (χ3v) is 6.17. The molecule has 0 saturated carbocycles. The van der Waals surface area contributed by atoms with Crippen LogP contribution in [0.4, 0.5) is 5.69 Å². The number of amides is 1. The number of aromatic nitrogens is 2. The summed E-state index contributed by atoms with van der Waals surface area (Å²) in [6.07, 6.45) is 0.0349. The largest absolute Gasteiger partial charge is 0.480 e. The van der Waals surface area contributed by atoms with Crippen LogP contribution in [0, 0.1) is 0 Å². The molecule has 0 spiro atoms. The van der Waals surface area contributed by atoms with Crippen LogP contribution in [0.5, 0.6) is 0 Å². The molecule has 2 aliphatic rings. The minimum atomic E-state index is -1.72. The summed E-state index contributed by atoms with van der Waals surface area (Å²) in [6.45, 7) is 1.69. The molecule has 9 nitrogen and oxygen atoms in total. The first-order valence-corrected chi connectivity index (χ1v) is 9.92. The summed E-state index contributed by atoms with van der Waals surface area (Å²) >= 11 is 0. The van der Waals surface area contributed by atoms with Gasteiger partial charge in [-0.3, -0.25) is 24.4 Å². The fourth-order valence-electron chi connectivity index (χ4n) is 4.65. The van der Waals surface area contributed by atoms with Crippen LogP contribution >= 0.6 is 0 Å². The number of hydrogen-bond acceptors (Lipinski definition) is 6. The summed E-state index contributed by atoms with van der Waals surface area (Å²) in [5.74, 6) is -1.48. The summed E-state index contributed by atoms with van der Waals surface area (Å²) in [4.78, 5) is 43.7. The molecule has 1 saturated heterocycles. The lowest BCUT2D eigenvalue weighted by Gasteiger charge is -2.33. The highest BCUT2D eigenvalue weighted by Crippen LogP contribution is 2.48. The predicted molar refractivity (Wildman–Crippen MR) is 112 cm³/mol. The van der Waals surface area contributed by atoms with E-state index >= 15 is 0 Å². The molecule has 3 aromatic rings. The predicted octanol–water partition coefficient (Wildman–Crippen LogP) is 0.964. The number of benzene rings is 2. The van der Waals surface area contributed by atoms with Crippen LogP contribution in [0.2, 0.25) is 0 Å². The number of carboxylic acid groups (broad SMARTS) is 1. The van der Waals surface area contributed by atoms with Crippen molar-refractivity contribution in [3.63, 3.8) is 0 Å². The molecule has 0 aliphatic carbocycles. The summed E-state index contributed by atoms with van der Waals surface area (Å²) in [6, 6.07) is 11.6. The van der Waals surface area contributed by atoms with Crippen LogP contribution in [-0.2, 0) is 15.2 Å². The first-order chi connectivity index (χ1) is 14.8. The number of nitrogens with zero attached hydrogens (tertiary/aromatic N) is 3. The highest BCUT2D eigenvalue weighted by Gasteiger charge is 2.58. The van der Waals surface area contributed by atoms with Gasteiger partial charge >= 0.3 is 5.97 Å². The number of carbonyl (C=O) groups excluding carboxylic acids is 1. The highest BCUT2D eigenvalue weighted by atomic mass is 16.4. The number of carbonyl (C=O) groups is 2. The molecule has 2 aromatic carbocycles. The monoisotopic (exact) mass is 420 g/mol. The van der Waals surface area contributed by atoms with Crippen LogP contribution in [0.15, 0.2) is 59.7 Å². The number of para-hydroxylation sites is 2. The van der Waals surface area contributed by atoms with Crippen molar-refractivity contribution in [3.8, 4) is 0 Å². The first-order valence-electron chi connectivity index (χ1n) is 9.92. The quantitative estimate of drug-likeness (QED) is 0.574. The SMILES string of the molecule is CC1NC2N(C1=O)c1ccccc1C2(O)CC(C(=O)O)n1cnc2ccccc2c1=O. The topological polar surface area (TPSA) is 125 Å². The standard InChI is InChI=1S/C22H20N4O5/c1-12-18(27)26-16-9-5-3-7-14(16)22(31,21(26)24-12)10-17(20(29)30)25-11-23-15-8-4-2-6-13(15)19(25)28/h2-9,11-12,17,21,24,31H,10H2,1H3,(H,29,30). The second-order valence-electron chi connectivity index (χ2n) is 7.97. The van der Waals surface area contributed by atoms with Gasteiger partial charge in [-0.2, -0.15) is 0 Å². The summed E-state index contributed by atoms with van der Waals surface area (Å²) in [5.41, 5.74) is -0.786. The van der Waals surface area contributed by atoms with Gasteiger partial charge in [0.1, 0.15) is 17.8 Å². The Hall–Kier alpha value is -3.56. The number of aliphatic carboxylic acids is 1. The van der Waals surface area contributed by atoms with Crippen molar-refractivity contribution in [3.05, 3.63) is 70.8 Å². The lowest BCUT2D eigenvalue weighted by Crippen LogP contribution is -2.51. The van der Waals surface area contributed by atoms with Gasteiger partial charge < -0.3 is 10.2 Å². The van der Waals surface area contributed by atoms with Crippen LogP contribution in [-0.4, -0.2) is 43.8 Å². The third kappa shape index (κ3) is 2.70. The van der Waals surface area contributed by atoms with Crippen molar-refractivity contribution in [2.45, 2.75) is 37.2 Å². The van der Waals surface area contributed by atoms with Gasteiger partial charge in [0.25, 0.3) is 5.56 Å². The molecule has 5 rings (SSSR count). The van der Waals surface area contributed by atoms with E-state index in [1.54, 1.807) is 55.5 Å². The molecule has 9 heteroatoms.